The number of hydrogen-bond acceptors (Lipinski definition) is 2. The minimum Gasteiger partial charge on any atom is -0.480 e. The van der Waals surface area contributed by atoms with Crippen molar-refractivity contribution in [3.63, 3.8) is 0 Å². The lowest BCUT2D eigenvalue weighted by molar-refractivity contribution is -0.142. The van der Waals surface area contributed by atoms with Crippen LogP contribution in [0, 0.1) is 11.8 Å². The van der Waals surface area contributed by atoms with Crippen LogP contribution in [0.2, 0.25) is 0 Å². The maximum Gasteiger partial charge on any atom is 0.320 e. The largest absolute Gasteiger partial charge is 0.480 e. The van der Waals surface area contributed by atoms with Gasteiger partial charge in [0.2, 0.25) is 0 Å². The topological polar surface area (TPSA) is 40.5 Å². The molecule has 14 heavy (non-hydrogen) atoms. The Balaban J connectivity index is 2.57. The highest BCUT2D eigenvalue weighted by Gasteiger charge is 2.25. The summed E-state index contributed by atoms with van der Waals surface area (Å²) < 4.78 is 0. The summed E-state index contributed by atoms with van der Waals surface area (Å²) in [6.07, 6.45) is 2.35. The molecule has 0 aromatic rings. The fourth-order valence-corrected chi connectivity index (χ4v) is 2.27. The van der Waals surface area contributed by atoms with Crippen LogP contribution in [0.25, 0.3) is 0 Å². The fourth-order valence-electron chi connectivity index (χ4n) is 2.27. The van der Waals surface area contributed by atoms with E-state index in [0.29, 0.717) is 5.92 Å². The van der Waals surface area contributed by atoms with Gasteiger partial charge in [-0.2, -0.15) is 0 Å². The number of hydrogen-bond donors (Lipinski definition) is 1. The number of likely N-dealkylation sites (tertiary alicyclic amines) is 1. The highest BCUT2D eigenvalue weighted by molar-refractivity contribution is 5.72. The second kappa shape index (κ2) is 4.78. The van der Waals surface area contributed by atoms with Crippen LogP contribution in [0.1, 0.15) is 33.6 Å². The van der Waals surface area contributed by atoms with Gasteiger partial charge in [0.15, 0.2) is 0 Å². The van der Waals surface area contributed by atoms with E-state index in [9.17, 15) is 4.79 Å². The molecule has 0 aliphatic carbocycles. The molecule has 1 saturated heterocycles. The van der Waals surface area contributed by atoms with Crippen molar-refractivity contribution in [3.05, 3.63) is 0 Å². The average Bonchev–Trinajstić information content (AvgIpc) is 2.25. The molecule has 1 heterocycles. The van der Waals surface area contributed by atoms with E-state index in [1.807, 2.05) is 0 Å². The first kappa shape index (κ1) is 11.5. The number of carbonyl (C=O) groups is 1. The van der Waals surface area contributed by atoms with Gasteiger partial charge >= 0.3 is 5.97 Å². The number of aliphatic carboxylic acids is 1. The standard InChI is InChI=1S/C11H21NO2/c1-8-4-5-12(7-9(2)6-8)10(3)11(13)14/h8-10H,4-7H2,1-3H3,(H,13,14). The molecule has 1 aliphatic rings. The van der Waals surface area contributed by atoms with Gasteiger partial charge in [0.05, 0.1) is 0 Å². The Hall–Kier alpha value is -0.570. The molecule has 1 rings (SSSR count). The molecule has 0 spiro atoms. The highest BCUT2D eigenvalue weighted by atomic mass is 16.4. The highest BCUT2D eigenvalue weighted by Crippen LogP contribution is 2.22. The van der Waals surface area contributed by atoms with Gasteiger partial charge in [-0.05, 0) is 38.1 Å². The SMILES string of the molecule is CC1CCN(C(C)C(=O)O)CC(C)C1. The Kier molecular flexibility index (Phi) is 3.93. The normalized spacial score (nSPS) is 32.2. The second-order valence-corrected chi connectivity index (χ2v) is 4.74. The van der Waals surface area contributed by atoms with Crippen LogP contribution in [-0.4, -0.2) is 35.1 Å². The third-order valence-electron chi connectivity index (χ3n) is 3.17. The van der Waals surface area contributed by atoms with E-state index in [1.165, 1.54) is 6.42 Å². The third kappa shape index (κ3) is 2.98. The second-order valence-electron chi connectivity index (χ2n) is 4.74. The molecule has 0 aromatic carbocycles. The van der Waals surface area contributed by atoms with E-state index in [1.54, 1.807) is 6.92 Å². The summed E-state index contributed by atoms with van der Waals surface area (Å²) in [4.78, 5) is 13.0. The molecular weight excluding hydrogens is 178 g/mol. The van der Waals surface area contributed by atoms with Crippen molar-refractivity contribution in [2.75, 3.05) is 13.1 Å². The molecule has 1 N–H and O–H groups in total. The molecule has 3 heteroatoms. The molecule has 0 aromatic heterocycles. The summed E-state index contributed by atoms with van der Waals surface area (Å²) in [7, 11) is 0. The van der Waals surface area contributed by atoms with E-state index in [4.69, 9.17) is 5.11 Å². The number of carboxylic acid groups (broad SMARTS) is 1. The van der Waals surface area contributed by atoms with Crippen molar-refractivity contribution < 1.29 is 9.90 Å². The molecule has 82 valence electrons. The Morgan fingerprint density at radius 1 is 1.43 bits per heavy atom. The summed E-state index contributed by atoms with van der Waals surface area (Å²) in [5.74, 6) is 0.650. The predicted octanol–water partition coefficient (Wildman–Crippen LogP) is 1.83. The van der Waals surface area contributed by atoms with Crippen LogP contribution >= 0.6 is 0 Å². The number of rotatable bonds is 2. The van der Waals surface area contributed by atoms with E-state index >= 15 is 0 Å². The average molecular weight is 199 g/mol. The van der Waals surface area contributed by atoms with Gasteiger partial charge in [-0.1, -0.05) is 13.8 Å². The molecule has 1 fully saturated rings. The first-order chi connectivity index (χ1) is 6.50. The summed E-state index contributed by atoms with van der Waals surface area (Å²) >= 11 is 0. The molecule has 3 unspecified atom stereocenters. The Labute approximate surface area is 86.1 Å². The van der Waals surface area contributed by atoms with E-state index in [0.717, 1.165) is 25.4 Å². The zero-order valence-electron chi connectivity index (χ0n) is 9.36. The monoisotopic (exact) mass is 199 g/mol. The zero-order chi connectivity index (χ0) is 10.7. The van der Waals surface area contributed by atoms with E-state index in [-0.39, 0.29) is 6.04 Å². The Morgan fingerprint density at radius 2 is 2.07 bits per heavy atom. The lowest BCUT2D eigenvalue weighted by Crippen LogP contribution is -2.40. The van der Waals surface area contributed by atoms with E-state index < -0.39 is 5.97 Å². The quantitative estimate of drug-likeness (QED) is 0.737. The van der Waals surface area contributed by atoms with Crippen LogP contribution in [-0.2, 0) is 4.79 Å². The summed E-state index contributed by atoms with van der Waals surface area (Å²) in [6, 6.07) is -0.331. The Morgan fingerprint density at radius 3 is 2.64 bits per heavy atom. The fraction of sp³-hybridized carbons (Fsp3) is 0.909. The van der Waals surface area contributed by atoms with Crippen molar-refractivity contribution in [3.8, 4) is 0 Å². The first-order valence-electron chi connectivity index (χ1n) is 5.47. The molecule has 0 radical (unpaired) electrons. The molecule has 0 bridgehead atoms. The van der Waals surface area contributed by atoms with Crippen molar-refractivity contribution in [2.45, 2.75) is 39.7 Å². The van der Waals surface area contributed by atoms with Gasteiger partial charge in [-0.3, -0.25) is 9.69 Å². The third-order valence-corrected chi connectivity index (χ3v) is 3.17. The van der Waals surface area contributed by atoms with Crippen LogP contribution in [0.5, 0.6) is 0 Å². The maximum atomic E-state index is 10.9. The molecule has 0 saturated carbocycles. The molecule has 3 atom stereocenters. The van der Waals surface area contributed by atoms with Crippen molar-refractivity contribution in [1.82, 2.24) is 4.90 Å². The summed E-state index contributed by atoms with van der Waals surface area (Å²) in [5.41, 5.74) is 0. The van der Waals surface area contributed by atoms with Gasteiger partial charge in [0, 0.05) is 6.54 Å². The lowest BCUT2D eigenvalue weighted by atomic mass is 9.97. The number of carboxylic acids is 1. The first-order valence-corrected chi connectivity index (χ1v) is 5.47. The minimum absolute atomic E-state index is 0.331. The molecule has 3 nitrogen and oxygen atoms in total. The lowest BCUT2D eigenvalue weighted by Gasteiger charge is -2.26. The molecular formula is C11H21NO2. The van der Waals surface area contributed by atoms with Crippen molar-refractivity contribution in [2.24, 2.45) is 11.8 Å². The van der Waals surface area contributed by atoms with Crippen molar-refractivity contribution >= 4 is 5.97 Å². The predicted molar refractivity (Wildman–Crippen MR) is 56.2 cm³/mol. The molecule has 1 aliphatic heterocycles. The maximum absolute atomic E-state index is 10.9. The van der Waals surface area contributed by atoms with Gasteiger partial charge in [0.25, 0.3) is 0 Å². The van der Waals surface area contributed by atoms with Gasteiger partial charge in [-0.15, -0.1) is 0 Å². The summed E-state index contributed by atoms with van der Waals surface area (Å²) in [5, 5.41) is 8.94. The Bertz CT molecular complexity index is 205. The van der Waals surface area contributed by atoms with Crippen LogP contribution in [0.4, 0.5) is 0 Å². The van der Waals surface area contributed by atoms with Crippen molar-refractivity contribution in [1.29, 1.82) is 0 Å². The van der Waals surface area contributed by atoms with E-state index in [2.05, 4.69) is 18.7 Å². The number of nitrogens with zero attached hydrogens (tertiary/aromatic N) is 1. The van der Waals surface area contributed by atoms with Gasteiger partial charge in [-0.25, -0.2) is 0 Å². The van der Waals surface area contributed by atoms with Gasteiger partial charge < -0.3 is 5.11 Å². The smallest absolute Gasteiger partial charge is 0.320 e. The minimum atomic E-state index is -0.702. The van der Waals surface area contributed by atoms with Crippen LogP contribution in [0.3, 0.4) is 0 Å². The summed E-state index contributed by atoms with van der Waals surface area (Å²) in [6.45, 7) is 8.11. The zero-order valence-corrected chi connectivity index (χ0v) is 9.36. The molecule has 0 amide bonds. The van der Waals surface area contributed by atoms with Gasteiger partial charge in [0.1, 0.15) is 6.04 Å². The van der Waals surface area contributed by atoms with Crippen LogP contribution < -0.4 is 0 Å². The van der Waals surface area contributed by atoms with Crippen LogP contribution in [0.15, 0.2) is 0 Å².